The van der Waals surface area contributed by atoms with Crippen molar-refractivity contribution in [2.24, 2.45) is 0 Å². The molecule has 0 unspecified atom stereocenters. The molecule has 4 nitrogen and oxygen atoms in total. The first-order valence-electron chi connectivity index (χ1n) is 5.25. The van der Waals surface area contributed by atoms with Gasteiger partial charge in [0.05, 0.1) is 17.2 Å². The molecule has 82 valence electrons. The van der Waals surface area contributed by atoms with E-state index < -0.39 is 0 Å². The summed E-state index contributed by atoms with van der Waals surface area (Å²) < 4.78 is 0. The molecule has 4 heteroatoms. The van der Waals surface area contributed by atoms with Gasteiger partial charge in [0.15, 0.2) is 0 Å². The van der Waals surface area contributed by atoms with Crippen LogP contribution in [0.2, 0.25) is 0 Å². The predicted molar refractivity (Wildman–Crippen MR) is 67.2 cm³/mol. The molecule has 0 aliphatic heterocycles. The van der Waals surface area contributed by atoms with Crippen molar-refractivity contribution in [2.45, 2.75) is 0 Å². The number of aromatic nitrogens is 3. The van der Waals surface area contributed by atoms with E-state index in [4.69, 9.17) is 5.73 Å². The second-order valence-corrected chi connectivity index (χ2v) is 3.73. The molecule has 0 fully saturated rings. The van der Waals surface area contributed by atoms with Gasteiger partial charge in [-0.1, -0.05) is 6.07 Å². The van der Waals surface area contributed by atoms with Crippen LogP contribution in [0.4, 0.5) is 5.82 Å². The number of nitrogens with two attached hydrogens (primary N) is 1. The van der Waals surface area contributed by atoms with Crippen molar-refractivity contribution in [1.82, 2.24) is 15.0 Å². The van der Waals surface area contributed by atoms with Gasteiger partial charge in [-0.25, -0.2) is 4.98 Å². The van der Waals surface area contributed by atoms with Gasteiger partial charge in [0, 0.05) is 12.4 Å². The molecule has 0 spiro atoms. The van der Waals surface area contributed by atoms with Crippen molar-refractivity contribution in [2.75, 3.05) is 5.73 Å². The summed E-state index contributed by atoms with van der Waals surface area (Å²) in [6.45, 7) is 0. The zero-order valence-corrected chi connectivity index (χ0v) is 9.04. The highest BCUT2D eigenvalue weighted by molar-refractivity contribution is 5.81. The molecule has 0 atom stereocenters. The van der Waals surface area contributed by atoms with Gasteiger partial charge in [-0.05, 0) is 35.4 Å². The first kappa shape index (κ1) is 9.72. The Kier molecular flexibility index (Phi) is 2.19. The fraction of sp³-hybridized carbons (Fsp3) is 0. The van der Waals surface area contributed by atoms with E-state index in [0.29, 0.717) is 5.82 Å². The van der Waals surface area contributed by atoms with Crippen molar-refractivity contribution in [3.05, 3.63) is 48.9 Å². The molecule has 0 saturated heterocycles. The van der Waals surface area contributed by atoms with E-state index in [9.17, 15) is 0 Å². The van der Waals surface area contributed by atoms with Crippen LogP contribution in [0.15, 0.2) is 48.9 Å². The monoisotopic (exact) mass is 222 g/mol. The van der Waals surface area contributed by atoms with Crippen LogP contribution in [-0.2, 0) is 0 Å². The van der Waals surface area contributed by atoms with Crippen LogP contribution in [0.25, 0.3) is 22.2 Å². The summed E-state index contributed by atoms with van der Waals surface area (Å²) in [7, 11) is 0. The quantitative estimate of drug-likeness (QED) is 0.686. The maximum Gasteiger partial charge on any atom is 0.142 e. The first-order chi connectivity index (χ1) is 8.33. The lowest BCUT2D eigenvalue weighted by Gasteiger charge is -2.03. The summed E-state index contributed by atoms with van der Waals surface area (Å²) in [4.78, 5) is 12.5. The van der Waals surface area contributed by atoms with E-state index in [1.807, 2.05) is 30.3 Å². The normalized spacial score (nSPS) is 10.6. The van der Waals surface area contributed by atoms with E-state index in [0.717, 1.165) is 22.2 Å². The third kappa shape index (κ3) is 1.80. The van der Waals surface area contributed by atoms with Crippen LogP contribution in [0.5, 0.6) is 0 Å². The number of rotatable bonds is 1. The SMILES string of the molecule is Nc1cnc2ccc(-c3ccncc3)cc2n1. The summed E-state index contributed by atoms with van der Waals surface area (Å²) in [5.74, 6) is 0.435. The number of benzene rings is 1. The smallest absolute Gasteiger partial charge is 0.142 e. The minimum Gasteiger partial charge on any atom is -0.382 e. The average molecular weight is 222 g/mol. The highest BCUT2D eigenvalue weighted by Crippen LogP contribution is 2.22. The van der Waals surface area contributed by atoms with Crippen LogP contribution in [-0.4, -0.2) is 15.0 Å². The van der Waals surface area contributed by atoms with Crippen LogP contribution >= 0.6 is 0 Å². The van der Waals surface area contributed by atoms with E-state index in [2.05, 4.69) is 15.0 Å². The minimum absolute atomic E-state index is 0.435. The van der Waals surface area contributed by atoms with Crippen molar-refractivity contribution >= 4 is 16.9 Å². The molecule has 0 aliphatic rings. The van der Waals surface area contributed by atoms with Crippen molar-refractivity contribution in [3.8, 4) is 11.1 Å². The van der Waals surface area contributed by atoms with Crippen molar-refractivity contribution < 1.29 is 0 Å². The topological polar surface area (TPSA) is 64.7 Å². The van der Waals surface area contributed by atoms with Gasteiger partial charge >= 0.3 is 0 Å². The molecular weight excluding hydrogens is 212 g/mol. The Balaban J connectivity index is 2.19. The number of nitrogen functional groups attached to an aromatic ring is 1. The van der Waals surface area contributed by atoms with Gasteiger partial charge in [-0.15, -0.1) is 0 Å². The minimum atomic E-state index is 0.435. The molecule has 2 aromatic heterocycles. The van der Waals surface area contributed by atoms with E-state index in [1.165, 1.54) is 0 Å². The van der Waals surface area contributed by atoms with Gasteiger partial charge in [-0.2, -0.15) is 0 Å². The largest absolute Gasteiger partial charge is 0.382 e. The molecular formula is C13H10N4. The third-order valence-electron chi connectivity index (χ3n) is 2.57. The van der Waals surface area contributed by atoms with Crippen molar-refractivity contribution in [3.63, 3.8) is 0 Å². The summed E-state index contributed by atoms with van der Waals surface area (Å²) >= 11 is 0. The zero-order valence-electron chi connectivity index (χ0n) is 9.04. The Morgan fingerprint density at radius 3 is 2.53 bits per heavy atom. The second kappa shape index (κ2) is 3.83. The Hall–Kier alpha value is -2.49. The van der Waals surface area contributed by atoms with Gasteiger partial charge < -0.3 is 5.73 Å². The second-order valence-electron chi connectivity index (χ2n) is 3.73. The molecule has 17 heavy (non-hydrogen) atoms. The average Bonchev–Trinajstić information content (AvgIpc) is 2.39. The number of anilines is 1. The first-order valence-corrected chi connectivity index (χ1v) is 5.25. The Morgan fingerprint density at radius 2 is 1.71 bits per heavy atom. The number of hydrogen-bond acceptors (Lipinski definition) is 4. The molecule has 3 aromatic rings. The molecule has 0 radical (unpaired) electrons. The molecule has 0 bridgehead atoms. The molecule has 1 aromatic carbocycles. The van der Waals surface area contributed by atoms with Crippen molar-refractivity contribution in [1.29, 1.82) is 0 Å². The number of pyridine rings is 1. The van der Waals surface area contributed by atoms with Gasteiger partial charge in [0.1, 0.15) is 5.82 Å². The summed E-state index contributed by atoms with van der Waals surface area (Å²) in [5, 5.41) is 0. The molecule has 3 rings (SSSR count). The zero-order chi connectivity index (χ0) is 11.7. The molecule has 2 heterocycles. The van der Waals surface area contributed by atoms with E-state index in [-0.39, 0.29) is 0 Å². The van der Waals surface area contributed by atoms with Crippen LogP contribution in [0.1, 0.15) is 0 Å². The maximum atomic E-state index is 5.63. The highest BCUT2D eigenvalue weighted by Gasteiger charge is 2.01. The fourth-order valence-corrected chi connectivity index (χ4v) is 1.75. The number of fused-ring (bicyclic) bond motifs is 1. The third-order valence-corrected chi connectivity index (χ3v) is 2.57. The highest BCUT2D eigenvalue weighted by atomic mass is 14.9. The predicted octanol–water partition coefficient (Wildman–Crippen LogP) is 2.27. The van der Waals surface area contributed by atoms with Crippen LogP contribution in [0, 0.1) is 0 Å². The van der Waals surface area contributed by atoms with E-state index >= 15 is 0 Å². The lowest BCUT2D eigenvalue weighted by Crippen LogP contribution is -1.92. The summed E-state index contributed by atoms with van der Waals surface area (Å²) in [5.41, 5.74) is 9.46. The summed E-state index contributed by atoms with van der Waals surface area (Å²) in [6.07, 6.45) is 5.10. The number of hydrogen-bond donors (Lipinski definition) is 1. The van der Waals surface area contributed by atoms with Gasteiger partial charge in [0.2, 0.25) is 0 Å². The van der Waals surface area contributed by atoms with Gasteiger partial charge in [0.25, 0.3) is 0 Å². The van der Waals surface area contributed by atoms with Gasteiger partial charge in [-0.3, -0.25) is 9.97 Å². The summed E-state index contributed by atoms with van der Waals surface area (Å²) in [6, 6.07) is 9.86. The maximum absolute atomic E-state index is 5.63. The Morgan fingerprint density at radius 1 is 0.882 bits per heavy atom. The van der Waals surface area contributed by atoms with Crippen LogP contribution < -0.4 is 5.73 Å². The standard InChI is InChI=1S/C13H10N4/c14-13-8-16-11-2-1-10(7-12(11)17-13)9-3-5-15-6-4-9/h1-8H,(H2,14,17). The Labute approximate surface area is 98.2 Å². The lowest BCUT2D eigenvalue weighted by atomic mass is 10.1. The molecule has 0 amide bonds. The Bertz CT molecular complexity index is 665. The van der Waals surface area contributed by atoms with Crippen LogP contribution in [0.3, 0.4) is 0 Å². The molecule has 2 N–H and O–H groups in total. The fourth-order valence-electron chi connectivity index (χ4n) is 1.75. The number of nitrogens with zero attached hydrogens (tertiary/aromatic N) is 3. The van der Waals surface area contributed by atoms with E-state index in [1.54, 1.807) is 18.6 Å². The lowest BCUT2D eigenvalue weighted by molar-refractivity contribution is 1.30. The molecule has 0 aliphatic carbocycles. The molecule has 0 saturated carbocycles.